The molecule has 0 radical (unpaired) electrons. The Morgan fingerprint density at radius 1 is 0.951 bits per heavy atom. The summed E-state index contributed by atoms with van der Waals surface area (Å²) in [6.07, 6.45) is 8.22. The summed E-state index contributed by atoms with van der Waals surface area (Å²) in [4.78, 5) is 40.3. The highest BCUT2D eigenvalue weighted by Gasteiger charge is 2.29. The third-order valence-corrected chi connectivity index (χ3v) is 7.23. The van der Waals surface area contributed by atoms with Gasteiger partial charge in [0.1, 0.15) is 24.0 Å². The van der Waals surface area contributed by atoms with Crippen LogP contribution >= 0.6 is 0 Å². The maximum atomic E-state index is 13.3. The Labute approximate surface area is 245 Å². The molecule has 0 aromatic heterocycles. The normalized spacial score (nSPS) is 14.5. The molecule has 0 bridgehead atoms. The standard InChI is InChI=1S/C33H47N3O5/c1-33(2,3)41-30(37)22-29(31(38)36(4)21-11-16-25-12-7-5-8-13-25)35-32(39)34-23-26-17-19-28(20-18-26)40-24-27-14-9-6-10-15-27/h6,9-10,14-15,17-20,25,29H,5,7-8,11-13,16,21-24H2,1-4H3,(H2,34,35,39)/t29-/m0/s1. The first kappa shape index (κ1) is 32.0. The van der Waals surface area contributed by atoms with Crippen molar-refractivity contribution in [2.75, 3.05) is 13.6 Å². The largest absolute Gasteiger partial charge is 0.489 e. The number of carbonyl (C=O) groups is 3. The second kappa shape index (κ2) is 16.0. The maximum absolute atomic E-state index is 13.3. The zero-order valence-corrected chi connectivity index (χ0v) is 25.1. The maximum Gasteiger partial charge on any atom is 0.315 e. The zero-order valence-electron chi connectivity index (χ0n) is 25.1. The van der Waals surface area contributed by atoms with Gasteiger partial charge in [-0.3, -0.25) is 9.59 Å². The van der Waals surface area contributed by atoms with E-state index in [1.54, 1.807) is 32.7 Å². The number of likely N-dealkylation sites (N-methyl/N-ethyl adjacent to an activating group) is 1. The molecule has 0 saturated heterocycles. The molecule has 1 aliphatic rings. The van der Waals surface area contributed by atoms with Gasteiger partial charge in [0.15, 0.2) is 0 Å². The molecule has 2 aromatic carbocycles. The van der Waals surface area contributed by atoms with Gasteiger partial charge in [-0.1, -0.05) is 74.6 Å². The highest BCUT2D eigenvalue weighted by molar-refractivity contribution is 5.90. The molecule has 1 aliphatic carbocycles. The van der Waals surface area contributed by atoms with Crippen molar-refractivity contribution in [3.8, 4) is 5.75 Å². The van der Waals surface area contributed by atoms with Crippen molar-refractivity contribution in [3.05, 3.63) is 65.7 Å². The van der Waals surface area contributed by atoms with E-state index in [9.17, 15) is 14.4 Å². The van der Waals surface area contributed by atoms with Crippen LogP contribution in [0.3, 0.4) is 0 Å². The van der Waals surface area contributed by atoms with Crippen molar-refractivity contribution < 1.29 is 23.9 Å². The minimum Gasteiger partial charge on any atom is -0.489 e. The summed E-state index contributed by atoms with van der Waals surface area (Å²) in [6, 6.07) is 15.9. The van der Waals surface area contributed by atoms with Crippen LogP contribution in [0.25, 0.3) is 0 Å². The first-order valence-electron chi connectivity index (χ1n) is 14.9. The Hall–Kier alpha value is -3.55. The minimum atomic E-state index is -1.02. The summed E-state index contributed by atoms with van der Waals surface area (Å²) < 4.78 is 11.3. The van der Waals surface area contributed by atoms with Crippen molar-refractivity contribution in [1.29, 1.82) is 0 Å². The van der Waals surface area contributed by atoms with Crippen molar-refractivity contribution in [1.82, 2.24) is 15.5 Å². The number of carbonyl (C=O) groups excluding carboxylic acids is 3. The fourth-order valence-corrected chi connectivity index (χ4v) is 5.06. The topological polar surface area (TPSA) is 97.0 Å². The number of hydrogen-bond donors (Lipinski definition) is 2. The first-order valence-corrected chi connectivity index (χ1v) is 14.9. The van der Waals surface area contributed by atoms with E-state index >= 15 is 0 Å². The van der Waals surface area contributed by atoms with Gasteiger partial charge in [0, 0.05) is 20.1 Å². The highest BCUT2D eigenvalue weighted by atomic mass is 16.6. The van der Waals surface area contributed by atoms with Crippen molar-refractivity contribution in [2.24, 2.45) is 5.92 Å². The lowest BCUT2D eigenvalue weighted by molar-refractivity contribution is -0.157. The lowest BCUT2D eigenvalue weighted by atomic mass is 9.86. The number of nitrogens with zero attached hydrogens (tertiary/aromatic N) is 1. The van der Waals surface area contributed by atoms with Gasteiger partial charge >= 0.3 is 12.0 Å². The molecule has 0 heterocycles. The quantitative estimate of drug-likeness (QED) is 0.291. The van der Waals surface area contributed by atoms with Crippen LogP contribution < -0.4 is 15.4 Å². The van der Waals surface area contributed by atoms with Gasteiger partial charge in [-0.2, -0.15) is 0 Å². The van der Waals surface area contributed by atoms with Crippen molar-refractivity contribution >= 4 is 17.9 Å². The smallest absolute Gasteiger partial charge is 0.315 e. The molecule has 2 aromatic rings. The molecule has 0 aliphatic heterocycles. The van der Waals surface area contributed by atoms with Gasteiger partial charge in [-0.25, -0.2) is 4.79 Å². The number of urea groups is 1. The fraction of sp³-hybridized carbons (Fsp3) is 0.545. The molecule has 1 fully saturated rings. The summed E-state index contributed by atoms with van der Waals surface area (Å²) in [6.45, 7) is 6.65. The SMILES string of the molecule is CN(CCCC1CCCCC1)C(=O)[C@H](CC(=O)OC(C)(C)C)NC(=O)NCc1ccc(OCc2ccccc2)cc1. The van der Waals surface area contributed by atoms with Gasteiger partial charge < -0.3 is 25.0 Å². The fourth-order valence-electron chi connectivity index (χ4n) is 5.06. The molecule has 8 nitrogen and oxygen atoms in total. The number of hydrogen-bond acceptors (Lipinski definition) is 5. The lowest BCUT2D eigenvalue weighted by Crippen LogP contribution is -2.51. The van der Waals surface area contributed by atoms with Crippen LogP contribution in [-0.4, -0.2) is 48.0 Å². The van der Waals surface area contributed by atoms with Crippen molar-refractivity contribution in [3.63, 3.8) is 0 Å². The monoisotopic (exact) mass is 565 g/mol. The van der Waals surface area contributed by atoms with Crippen LogP contribution in [-0.2, 0) is 27.5 Å². The van der Waals surface area contributed by atoms with Crippen LogP contribution in [0.5, 0.6) is 5.75 Å². The third kappa shape index (κ3) is 12.2. The number of esters is 1. The molecule has 3 rings (SSSR count). The molecule has 224 valence electrons. The summed E-state index contributed by atoms with van der Waals surface area (Å²) in [5.74, 6) is 0.641. The predicted octanol–water partition coefficient (Wildman–Crippen LogP) is 5.98. The van der Waals surface area contributed by atoms with E-state index < -0.39 is 23.6 Å². The number of benzene rings is 2. The molecule has 3 amide bonds. The molecule has 2 N–H and O–H groups in total. The average Bonchev–Trinajstić information content (AvgIpc) is 2.95. The molecule has 8 heteroatoms. The molecule has 0 spiro atoms. The van der Waals surface area contributed by atoms with Crippen LogP contribution in [0.4, 0.5) is 4.79 Å². The minimum absolute atomic E-state index is 0.232. The van der Waals surface area contributed by atoms with E-state index in [2.05, 4.69) is 10.6 Å². The zero-order chi connectivity index (χ0) is 29.7. The van der Waals surface area contributed by atoms with Gasteiger partial charge in [0.2, 0.25) is 5.91 Å². The average molecular weight is 566 g/mol. The number of rotatable bonds is 13. The second-order valence-corrected chi connectivity index (χ2v) is 12.0. The molecule has 1 saturated carbocycles. The Kier molecular flexibility index (Phi) is 12.5. The van der Waals surface area contributed by atoms with E-state index in [1.165, 1.54) is 32.1 Å². The van der Waals surface area contributed by atoms with Gasteiger partial charge in [-0.05, 0) is 62.8 Å². The Morgan fingerprint density at radius 3 is 2.29 bits per heavy atom. The summed E-state index contributed by atoms with van der Waals surface area (Å²) >= 11 is 0. The predicted molar refractivity (Wildman–Crippen MR) is 160 cm³/mol. The van der Waals surface area contributed by atoms with E-state index in [1.807, 2.05) is 54.6 Å². The Balaban J connectivity index is 1.50. The van der Waals surface area contributed by atoms with Crippen molar-refractivity contribution in [2.45, 2.75) is 96.9 Å². The number of nitrogens with one attached hydrogen (secondary N) is 2. The Bertz CT molecular complexity index is 1090. The molecular weight excluding hydrogens is 518 g/mol. The van der Waals surface area contributed by atoms with Gasteiger partial charge in [0.05, 0.1) is 6.42 Å². The van der Waals surface area contributed by atoms with E-state index in [4.69, 9.17) is 9.47 Å². The van der Waals surface area contributed by atoms with Gasteiger partial charge in [-0.15, -0.1) is 0 Å². The lowest BCUT2D eigenvalue weighted by Gasteiger charge is -2.27. The first-order chi connectivity index (χ1) is 19.6. The second-order valence-electron chi connectivity index (χ2n) is 12.0. The Morgan fingerprint density at radius 2 is 1.63 bits per heavy atom. The van der Waals surface area contributed by atoms with Crippen LogP contribution in [0.2, 0.25) is 0 Å². The third-order valence-electron chi connectivity index (χ3n) is 7.23. The highest BCUT2D eigenvalue weighted by Crippen LogP contribution is 2.27. The van der Waals surface area contributed by atoms with Crippen LogP contribution in [0, 0.1) is 5.92 Å². The van der Waals surface area contributed by atoms with E-state index in [-0.39, 0.29) is 18.9 Å². The molecule has 41 heavy (non-hydrogen) atoms. The van der Waals surface area contributed by atoms with E-state index in [0.29, 0.717) is 13.2 Å². The van der Waals surface area contributed by atoms with Crippen LogP contribution in [0.15, 0.2) is 54.6 Å². The number of ether oxygens (including phenoxy) is 2. The van der Waals surface area contributed by atoms with Gasteiger partial charge in [0.25, 0.3) is 0 Å². The number of amides is 3. The summed E-state index contributed by atoms with van der Waals surface area (Å²) in [5.41, 5.74) is 1.28. The summed E-state index contributed by atoms with van der Waals surface area (Å²) in [5, 5.41) is 5.50. The molecule has 1 atom stereocenters. The molecule has 0 unspecified atom stereocenters. The van der Waals surface area contributed by atoms with E-state index in [0.717, 1.165) is 35.6 Å². The summed E-state index contributed by atoms with van der Waals surface area (Å²) in [7, 11) is 1.73. The molecular formula is C33H47N3O5. The van der Waals surface area contributed by atoms with Crippen LogP contribution in [0.1, 0.15) is 83.3 Å².